The van der Waals surface area contributed by atoms with Crippen LogP contribution in [0.4, 0.5) is 11.4 Å². The number of aromatic nitrogens is 1. The molecule has 0 radical (unpaired) electrons. The van der Waals surface area contributed by atoms with E-state index in [1.165, 1.54) is 21.2 Å². The van der Waals surface area contributed by atoms with E-state index in [-0.39, 0.29) is 23.2 Å². The fourth-order valence-corrected chi connectivity index (χ4v) is 8.15. The Morgan fingerprint density at radius 1 is 0.951 bits per heavy atom. The third-order valence-corrected chi connectivity index (χ3v) is 10.1. The number of imide groups is 1. The predicted octanol–water partition coefficient (Wildman–Crippen LogP) is 5.31. The van der Waals surface area contributed by atoms with E-state index in [0.717, 1.165) is 22.5 Å². The van der Waals surface area contributed by atoms with Gasteiger partial charge in [-0.2, -0.15) is 0 Å². The van der Waals surface area contributed by atoms with Crippen LogP contribution in [0.3, 0.4) is 0 Å². The van der Waals surface area contributed by atoms with Crippen LogP contribution in [0.5, 0.6) is 5.75 Å². The molecule has 1 saturated heterocycles. The third kappa shape index (κ3) is 4.96. The molecule has 3 atom stereocenters. The molecule has 6 rings (SSSR count). The molecular weight excluding hydrogens is 582 g/mol. The van der Waals surface area contributed by atoms with E-state index in [2.05, 4.69) is 5.32 Å². The van der Waals surface area contributed by atoms with Crippen LogP contribution in [0.15, 0.2) is 82.6 Å². The molecule has 1 aromatic heterocycles. The molecule has 8 nitrogen and oxygen atoms in total. The van der Waals surface area contributed by atoms with Crippen LogP contribution in [0.2, 0.25) is 5.02 Å². The van der Waals surface area contributed by atoms with Crippen LogP contribution >= 0.6 is 34.7 Å². The zero-order valence-corrected chi connectivity index (χ0v) is 24.4. The number of hydrogen-bond acceptors (Lipinski definition) is 7. The second-order valence-electron chi connectivity index (χ2n) is 9.84. The molecule has 0 spiro atoms. The second kappa shape index (κ2) is 10.8. The number of nitrogens with zero attached hydrogens (tertiary/aromatic N) is 2. The highest BCUT2D eigenvalue weighted by atomic mass is 35.5. The third-order valence-electron chi connectivity index (χ3n) is 7.25. The number of thiazole rings is 1. The molecule has 2 aliphatic heterocycles. The molecule has 4 aromatic rings. The molecule has 3 aromatic carbocycles. The minimum Gasteiger partial charge on any atom is -0.497 e. The van der Waals surface area contributed by atoms with E-state index in [1.807, 2.05) is 31.2 Å². The lowest BCUT2D eigenvalue weighted by atomic mass is 9.83. The largest absolute Gasteiger partial charge is 0.497 e. The first-order valence-electron chi connectivity index (χ1n) is 12.8. The topological polar surface area (TPSA) is 97.7 Å². The van der Waals surface area contributed by atoms with Crippen LogP contribution in [-0.2, 0) is 20.9 Å². The van der Waals surface area contributed by atoms with Gasteiger partial charge in [0.25, 0.3) is 0 Å². The van der Waals surface area contributed by atoms with Crippen molar-refractivity contribution in [1.29, 1.82) is 0 Å². The summed E-state index contributed by atoms with van der Waals surface area (Å²) in [5, 5.41) is 3.10. The van der Waals surface area contributed by atoms with E-state index in [1.54, 1.807) is 55.6 Å². The van der Waals surface area contributed by atoms with Gasteiger partial charge < -0.3 is 10.1 Å². The number of aryl methyl sites for hydroxylation is 1. The van der Waals surface area contributed by atoms with Crippen LogP contribution in [-0.4, -0.2) is 34.6 Å². The van der Waals surface area contributed by atoms with Gasteiger partial charge in [-0.15, -0.1) is 0 Å². The lowest BCUT2D eigenvalue weighted by Crippen LogP contribution is -2.33. The Kier molecular flexibility index (Phi) is 7.23. The number of fused-ring (bicyclic) bond motifs is 2. The van der Waals surface area contributed by atoms with Gasteiger partial charge in [0.2, 0.25) is 17.7 Å². The maximum atomic E-state index is 13.9. The Hall–Kier alpha value is -3.86. The molecule has 0 saturated carbocycles. The van der Waals surface area contributed by atoms with Gasteiger partial charge >= 0.3 is 4.87 Å². The first-order chi connectivity index (χ1) is 19.7. The summed E-state index contributed by atoms with van der Waals surface area (Å²) in [6.45, 7) is 1.70. The molecule has 208 valence electrons. The number of carbonyl (C=O) groups excluding carboxylic acids is 3. The van der Waals surface area contributed by atoms with Gasteiger partial charge in [-0.25, -0.2) is 4.90 Å². The molecule has 0 aliphatic carbocycles. The molecule has 0 bridgehead atoms. The van der Waals surface area contributed by atoms with Crippen molar-refractivity contribution in [1.82, 2.24) is 4.57 Å². The highest BCUT2D eigenvalue weighted by molar-refractivity contribution is 8.00. The molecule has 41 heavy (non-hydrogen) atoms. The monoisotopic (exact) mass is 605 g/mol. The number of anilines is 2. The molecule has 2 aliphatic rings. The van der Waals surface area contributed by atoms with Gasteiger partial charge in [0.05, 0.1) is 23.7 Å². The maximum Gasteiger partial charge on any atom is 0.308 e. The van der Waals surface area contributed by atoms with Crippen molar-refractivity contribution in [2.24, 2.45) is 5.92 Å². The Labute approximate surface area is 248 Å². The highest BCUT2D eigenvalue weighted by Crippen LogP contribution is 2.54. The molecule has 11 heteroatoms. The number of rotatable bonds is 6. The second-order valence-corrected chi connectivity index (χ2v) is 12.4. The first-order valence-corrected chi connectivity index (χ1v) is 14.9. The van der Waals surface area contributed by atoms with Crippen LogP contribution in [0.25, 0.3) is 0 Å². The molecule has 3 amide bonds. The number of hydrogen-bond donors (Lipinski definition) is 1. The van der Waals surface area contributed by atoms with Gasteiger partial charge in [0.15, 0.2) is 0 Å². The highest BCUT2D eigenvalue weighted by Gasteiger charge is 2.56. The molecule has 3 unspecified atom stereocenters. The Balaban J connectivity index is 1.38. The van der Waals surface area contributed by atoms with E-state index in [4.69, 9.17) is 16.3 Å². The van der Waals surface area contributed by atoms with Crippen LogP contribution in [0.1, 0.15) is 21.9 Å². The number of carbonyl (C=O) groups is 3. The quantitative estimate of drug-likeness (QED) is 0.299. The zero-order valence-electron chi connectivity index (χ0n) is 22.0. The van der Waals surface area contributed by atoms with E-state index in [0.29, 0.717) is 32.1 Å². The lowest BCUT2D eigenvalue weighted by Gasteiger charge is -2.30. The fraction of sp³-hybridized carbons (Fsp3) is 0.200. The standard InChI is InChI=1S/C30H24ClN3O5S2/c1-16-3-11-20(12-4-16)34-27(36)24-23(17-5-7-18(31)8-6-17)26-29(40-25(24)28(34)37)33(30(38)41-26)15-22(35)32-19-9-13-21(39-2)14-10-19/h3-14,23-25H,15H2,1-2H3,(H,32,35). The minimum atomic E-state index is -0.762. The number of amides is 3. The molecule has 1 fully saturated rings. The van der Waals surface area contributed by atoms with Gasteiger partial charge in [-0.1, -0.05) is 64.5 Å². The Morgan fingerprint density at radius 2 is 1.63 bits per heavy atom. The van der Waals surface area contributed by atoms with Crippen molar-refractivity contribution in [3.8, 4) is 5.75 Å². The van der Waals surface area contributed by atoms with Crippen molar-refractivity contribution < 1.29 is 19.1 Å². The van der Waals surface area contributed by atoms with E-state index >= 15 is 0 Å². The summed E-state index contributed by atoms with van der Waals surface area (Å²) in [7, 11) is 1.56. The van der Waals surface area contributed by atoms with Gasteiger partial charge in [0.1, 0.15) is 17.5 Å². The van der Waals surface area contributed by atoms with Gasteiger partial charge in [0, 0.05) is 21.5 Å². The van der Waals surface area contributed by atoms with Crippen molar-refractivity contribution in [2.45, 2.75) is 29.7 Å². The van der Waals surface area contributed by atoms with Crippen molar-refractivity contribution >= 4 is 63.8 Å². The summed E-state index contributed by atoms with van der Waals surface area (Å²) in [4.78, 5) is 55.6. The van der Waals surface area contributed by atoms with E-state index < -0.39 is 23.0 Å². The fourth-order valence-electron chi connectivity index (χ4n) is 5.25. The summed E-state index contributed by atoms with van der Waals surface area (Å²) in [6.07, 6.45) is 0. The number of nitrogens with one attached hydrogen (secondary N) is 1. The van der Waals surface area contributed by atoms with Crippen molar-refractivity contribution in [2.75, 3.05) is 17.3 Å². The number of halogens is 1. The number of benzene rings is 3. The summed E-state index contributed by atoms with van der Waals surface area (Å²) in [6, 6.07) is 21.2. The minimum absolute atomic E-state index is 0.238. The van der Waals surface area contributed by atoms with Gasteiger partial charge in [-0.05, 0) is 61.0 Å². The number of ether oxygens (including phenoxy) is 1. The van der Waals surface area contributed by atoms with E-state index in [9.17, 15) is 19.2 Å². The molecular formula is C30H24ClN3O5S2. The average Bonchev–Trinajstić information content (AvgIpc) is 3.40. The SMILES string of the molecule is COc1ccc(NC(=O)Cn2c3c(sc2=O)C(c2ccc(Cl)cc2)C2C(=O)N(c4ccc(C)cc4)C(=O)C2S3)cc1. The predicted molar refractivity (Wildman–Crippen MR) is 160 cm³/mol. The Morgan fingerprint density at radius 3 is 2.29 bits per heavy atom. The summed E-state index contributed by atoms with van der Waals surface area (Å²) < 4.78 is 6.56. The summed E-state index contributed by atoms with van der Waals surface area (Å²) in [5.41, 5.74) is 2.85. The molecule has 3 heterocycles. The Bertz CT molecular complexity index is 1720. The van der Waals surface area contributed by atoms with Gasteiger partial charge in [-0.3, -0.25) is 23.7 Å². The lowest BCUT2D eigenvalue weighted by molar-refractivity contribution is -0.122. The zero-order chi connectivity index (χ0) is 28.8. The van der Waals surface area contributed by atoms with Crippen LogP contribution in [0, 0.1) is 12.8 Å². The van der Waals surface area contributed by atoms with Crippen LogP contribution < -0.4 is 19.8 Å². The normalized spacial score (nSPS) is 19.6. The average molecular weight is 606 g/mol. The molecule has 1 N–H and O–H groups in total. The van der Waals surface area contributed by atoms with Crippen molar-refractivity contribution in [3.05, 3.63) is 103 Å². The number of methoxy groups -OCH3 is 1. The maximum absolute atomic E-state index is 13.9. The van der Waals surface area contributed by atoms with Crippen molar-refractivity contribution in [3.63, 3.8) is 0 Å². The smallest absolute Gasteiger partial charge is 0.308 e. The summed E-state index contributed by atoms with van der Waals surface area (Å²) >= 11 is 8.35. The number of thioether (sulfide) groups is 1. The summed E-state index contributed by atoms with van der Waals surface area (Å²) in [5.74, 6) is -1.66. The first kappa shape index (κ1) is 27.3.